The van der Waals surface area contributed by atoms with Gasteiger partial charge in [-0.05, 0) is 13.3 Å². The van der Waals surface area contributed by atoms with E-state index in [0.717, 1.165) is 30.2 Å². The summed E-state index contributed by atoms with van der Waals surface area (Å²) < 4.78 is 5.74. The van der Waals surface area contributed by atoms with Crippen LogP contribution in [0.2, 0.25) is 0 Å². The molecule has 0 aliphatic rings. The van der Waals surface area contributed by atoms with Crippen LogP contribution in [-0.4, -0.2) is 16.6 Å². The quantitative estimate of drug-likeness (QED) is 0.477. The van der Waals surface area contributed by atoms with E-state index in [1.807, 2.05) is 12.1 Å². The van der Waals surface area contributed by atoms with Crippen LogP contribution in [-0.2, 0) is 0 Å². The first-order valence-corrected chi connectivity index (χ1v) is 9.31. The molecule has 1 aromatic carbocycles. The van der Waals surface area contributed by atoms with Gasteiger partial charge in [-0.15, -0.1) is 0 Å². The molecule has 3 heteroatoms. The van der Waals surface area contributed by atoms with Crippen LogP contribution in [0.5, 0.6) is 5.75 Å². The molecule has 0 aliphatic heterocycles. The summed E-state index contributed by atoms with van der Waals surface area (Å²) in [6.07, 6.45) is 14.0. The molecule has 3 nitrogen and oxygen atoms in total. The lowest BCUT2D eigenvalue weighted by Crippen LogP contribution is -1.99. The zero-order chi connectivity index (χ0) is 17.0. The van der Waals surface area contributed by atoms with Crippen molar-refractivity contribution in [2.75, 3.05) is 6.61 Å². The predicted molar refractivity (Wildman–Crippen MR) is 100 cm³/mol. The van der Waals surface area contributed by atoms with Gasteiger partial charge >= 0.3 is 0 Å². The molecule has 0 saturated heterocycles. The van der Waals surface area contributed by atoms with Gasteiger partial charge in [0.05, 0.1) is 19.0 Å². The molecule has 130 valence electrons. The summed E-state index contributed by atoms with van der Waals surface area (Å²) in [5.74, 6) is 1.50. The van der Waals surface area contributed by atoms with Crippen LogP contribution in [0.15, 0.2) is 36.7 Å². The van der Waals surface area contributed by atoms with Crippen LogP contribution in [0.3, 0.4) is 0 Å². The standard InChI is InChI=1S/C21H30N2O/c1-3-4-5-6-7-8-9-10-15-24-20-16-22-21(23-17-20)19-13-11-18(2)12-14-19/h11-14,16-17H,3-10,15H2,1-2H3. The normalized spacial score (nSPS) is 10.8. The molecule has 24 heavy (non-hydrogen) atoms. The third-order valence-electron chi connectivity index (χ3n) is 4.20. The van der Waals surface area contributed by atoms with E-state index in [4.69, 9.17) is 4.74 Å². The summed E-state index contributed by atoms with van der Waals surface area (Å²) in [5, 5.41) is 0. The summed E-state index contributed by atoms with van der Waals surface area (Å²) in [6, 6.07) is 8.24. The first kappa shape index (κ1) is 18.4. The Morgan fingerprint density at radius 3 is 2.00 bits per heavy atom. The Morgan fingerprint density at radius 1 is 0.792 bits per heavy atom. The van der Waals surface area contributed by atoms with Gasteiger partial charge in [-0.2, -0.15) is 0 Å². The number of aromatic nitrogens is 2. The average molecular weight is 326 g/mol. The fraction of sp³-hybridized carbons (Fsp3) is 0.524. The molecule has 0 aliphatic carbocycles. The molecule has 0 amide bonds. The van der Waals surface area contributed by atoms with Crippen molar-refractivity contribution >= 4 is 0 Å². The Hall–Kier alpha value is -1.90. The third-order valence-corrected chi connectivity index (χ3v) is 4.20. The first-order chi connectivity index (χ1) is 11.8. The molecule has 0 bridgehead atoms. The van der Waals surface area contributed by atoms with Gasteiger partial charge in [0, 0.05) is 5.56 Å². The Bertz CT molecular complexity index is 563. The monoisotopic (exact) mass is 326 g/mol. The van der Waals surface area contributed by atoms with Gasteiger partial charge < -0.3 is 4.74 Å². The minimum atomic E-state index is 0.745. The molecule has 0 radical (unpaired) electrons. The van der Waals surface area contributed by atoms with Gasteiger partial charge in [0.1, 0.15) is 0 Å². The molecule has 0 unspecified atom stereocenters. The number of benzene rings is 1. The summed E-state index contributed by atoms with van der Waals surface area (Å²) in [4.78, 5) is 8.80. The highest BCUT2D eigenvalue weighted by Crippen LogP contribution is 2.17. The molecule has 2 rings (SSSR count). The maximum Gasteiger partial charge on any atom is 0.159 e. The molecule has 1 aromatic heterocycles. The lowest BCUT2D eigenvalue weighted by Gasteiger charge is -2.06. The fourth-order valence-corrected chi connectivity index (χ4v) is 2.67. The lowest BCUT2D eigenvalue weighted by atomic mass is 10.1. The second-order valence-corrected chi connectivity index (χ2v) is 6.43. The van der Waals surface area contributed by atoms with E-state index in [0.29, 0.717) is 0 Å². The molecular formula is C21H30N2O. The molecule has 0 atom stereocenters. The Labute approximate surface area is 146 Å². The highest BCUT2D eigenvalue weighted by atomic mass is 16.5. The first-order valence-electron chi connectivity index (χ1n) is 9.31. The molecule has 0 saturated carbocycles. The third kappa shape index (κ3) is 6.69. The van der Waals surface area contributed by atoms with Gasteiger partial charge in [0.2, 0.25) is 0 Å². The van der Waals surface area contributed by atoms with E-state index in [1.54, 1.807) is 12.4 Å². The average Bonchev–Trinajstić information content (AvgIpc) is 2.62. The fourth-order valence-electron chi connectivity index (χ4n) is 2.67. The molecule has 0 fully saturated rings. The van der Waals surface area contributed by atoms with Crippen molar-refractivity contribution in [1.82, 2.24) is 9.97 Å². The highest BCUT2D eigenvalue weighted by Gasteiger charge is 2.02. The number of rotatable bonds is 11. The van der Waals surface area contributed by atoms with Crippen molar-refractivity contribution in [3.8, 4) is 17.1 Å². The Morgan fingerprint density at radius 2 is 1.38 bits per heavy atom. The van der Waals surface area contributed by atoms with E-state index < -0.39 is 0 Å². The van der Waals surface area contributed by atoms with E-state index in [2.05, 4.69) is 35.9 Å². The van der Waals surface area contributed by atoms with Gasteiger partial charge in [-0.3, -0.25) is 0 Å². The van der Waals surface area contributed by atoms with E-state index in [-0.39, 0.29) is 0 Å². The van der Waals surface area contributed by atoms with Crippen molar-refractivity contribution in [2.45, 2.75) is 65.2 Å². The van der Waals surface area contributed by atoms with Gasteiger partial charge in [0.25, 0.3) is 0 Å². The van der Waals surface area contributed by atoms with Crippen molar-refractivity contribution in [2.24, 2.45) is 0 Å². The van der Waals surface area contributed by atoms with Crippen LogP contribution in [0, 0.1) is 6.92 Å². The number of aryl methyl sites for hydroxylation is 1. The van der Waals surface area contributed by atoms with Crippen molar-refractivity contribution in [3.63, 3.8) is 0 Å². The van der Waals surface area contributed by atoms with Gasteiger partial charge in [-0.25, -0.2) is 9.97 Å². The largest absolute Gasteiger partial charge is 0.490 e. The second kappa shape index (κ2) is 10.8. The Balaban J connectivity index is 1.63. The zero-order valence-corrected chi connectivity index (χ0v) is 15.1. The molecule has 2 aromatic rings. The Kier molecular flexibility index (Phi) is 8.29. The number of unbranched alkanes of at least 4 members (excludes halogenated alkanes) is 7. The highest BCUT2D eigenvalue weighted by molar-refractivity contribution is 5.55. The van der Waals surface area contributed by atoms with Crippen molar-refractivity contribution in [1.29, 1.82) is 0 Å². The molecule has 0 spiro atoms. The van der Waals surface area contributed by atoms with E-state index >= 15 is 0 Å². The number of nitrogens with zero attached hydrogens (tertiary/aromatic N) is 2. The minimum Gasteiger partial charge on any atom is -0.490 e. The summed E-state index contributed by atoms with van der Waals surface area (Å²) in [5.41, 5.74) is 2.28. The van der Waals surface area contributed by atoms with Gasteiger partial charge in [-0.1, -0.05) is 81.7 Å². The SMILES string of the molecule is CCCCCCCCCCOc1cnc(-c2ccc(C)cc2)nc1. The summed E-state index contributed by atoms with van der Waals surface area (Å²) >= 11 is 0. The number of ether oxygens (including phenoxy) is 1. The topological polar surface area (TPSA) is 35.0 Å². The number of hydrogen-bond donors (Lipinski definition) is 0. The molecule has 1 heterocycles. The van der Waals surface area contributed by atoms with Crippen LogP contribution >= 0.6 is 0 Å². The smallest absolute Gasteiger partial charge is 0.159 e. The van der Waals surface area contributed by atoms with Crippen LogP contribution < -0.4 is 4.74 Å². The number of hydrogen-bond acceptors (Lipinski definition) is 3. The summed E-state index contributed by atoms with van der Waals surface area (Å²) in [6.45, 7) is 5.09. The van der Waals surface area contributed by atoms with Crippen LogP contribution in [0.1, 0.15) is 63.9 Å². The molecular weight excluding hydrogens is 296 g/mol. The van der Waals surface area contributed by atoms with Crippen molar-refractivity contribution < 1.29 is 4.74 Å². The maximum absolute atomic E-state index is 5.74. The summed E-state index contributed by atoms with van der Waals surface area (Å²) in [7, 11) is 0. The maximum atomic E-state index is 5.74. The van der Waals surface area contributed by atoms with Crippen LogP contribution in [0.25, 0.3) is 11.4 Å². The second-order valence-electron chi connectivity index (χ2n) is 6.43. The minimum absolute atomic E-state index is 0.745. The predicted octanol–water partition coefficient (Wildman–Crippen LogP) is 5.97. The van der Waals surface area contributed by atoms with Crippen LogP contribution in [0.4, 0.5) is 0 Å². The van der Waals surface area contributed by atoms with E-state index in [1.165, 1.54) is 50.5 Å². The lowest BCUT2D eigenvalue weighted by molar-refractivity contribution is 0.302. The van der Waals surface area contributed by atoms with Crippen molar-refractivity contribution in [3.05, 3.63) is 42.2 Å². The zero-order valence-electron chi connectivity index (χ0n) is 15.1. The van der Waals surface area contributed by atoms with Gasteiger partial charge in [0.15, 0.2) is 11.6 Å². The molecule has 0 N–H and O–H groups in total. The van der Waals surface area contributed by atoms with E-state index in [9.17, 15) is 0 Å².